The van der Waals surface area contributed by atoms with Crippen LogP contribution in [0.4, 0.5) is 20.0 Å². The second-order valence-corrected chi connectivity index (χ2v) is 7.02. The van der Waals surface area contributed by atoms with Gasteiger partial charge in [0.2, 0.25) is 0 Å². The molecule has 0 bridgehead atoms. The van der Waals surface area contributed by atoms with Crippen LogP contribution in [0.3, 0.4) is 0 Å². The van der Waals surface area contributed by atoms with Crippen molar-refractivity contribution in [1.82, 2.24) is 10.3 Å². The lowest BCUT2D eigenvalue weighted by atomic mass is 10.1. The van der Waals surface area contributed by atoms with Gasteiger partial charge in [-0.15, -0.1) is 11.3 Å². The summed E-state index contributed by atoms with van der Waals surface area (Å²) in [6.07, 6.45) is 0.574. The topological polar surface area (TPSA) is 83.6 Å². The van der Waals surface area contributed by atoms with E-state index in [0.29, 0.717) is 22.4 Å². The fourth-order valence-electron chi connectivity index (χ4n) is 2.40. The van der Waals surface area contributed by atoms with Crippen LogP contribution in [-0.4, -0.2) is 41.2 Å². The van der Waals surface area contributed by atoms with Crippen molar-refractivity contribution in [2.24, 2.45) is 0 Å². The number of benzene rings is 1. The minimum atomic E-state index is -0.735. The Bertz CT molecular complexity index is 844. The Hall–Kier alpha value is -2.59. The minimum absolute atomic E-state index is 0.133. The molecule has 0 radical (unpaired) electrons. The van der Waals surface area contributed by atoms with E-state index < -0.39 is 23.9 Å². The standard InChI is InChI=1S/C16H15FN4O3S2/c1-9(25)19-7-11-8-21(16(23)24-11)10-2-3-12(13(17)6-10)14(22)20-15-18-4-5-26-15/h2-6,11H,7-8H2,1H3,(H,19,25)(H,18,20,22)/t11-/m0/s1. The van der Waals surface area contributed by atoms with Gasteiger partial charge in [-0.05, 0) is 25.1 Å². The third-order valence-electron chi connectivity index (χ3n) is 3.61. The Labute approximate surface area is 158 Å². The van der Waals surface area contributed by atoms with Gasteiger partial charge in [-0.3, -0.25) is 15.0 Å². The summed E-state index contributed by atoms with van der Waals surface area (Å²) in [6, 6.07) is 3.97. The van der Waals surface area contributed by atoms with E-state index in [1.807, 2.05) is 0 Å². The van der Waals surface area contributed by atoms with E-state index in [2.05, 4.69) is 15.6 Å². The molecule has 2 aromatic rings. The largest absolute Gasteiger partial charge is 0.442 e. The Morgan fingerprint density at radius 1 is 1.54 bits per heavy atom. The molecule has 10 heteroatoms. The first kappa shape index (κ1) is 18.2. The quantitative estimate of drug-likeness (QED) is 0.759. The van der Waals surface area contributed by atoms with Crippen molar-refractivity contribution in [2.45, 2.75) is 13.0 Å². The highest BCUT2D eigenvalue weighted by Gasteiger charge is 2.32. The summed E-state index contributed by atoms with van der Waals surface area (Å²) in [7, 11) is 0. The first-order chi connectivity index (χ1) is 12.4. The Morgan fingerprint density at radius 3 is 3.00 bits per heavy atom. The smallest absolute Gasteiger partial charge is 0.414 e. The number of carbonyl (C=O) groups excluding carboxylic acids is 2. The van der Waals surface area contributed by atoms with E-state index >= 15 is 0 Å². The number of nitrogens with zero attached hydrogens (tertiary/aromatic N) is 2. The first-order valence-corrected chi connectivity index (χ1v) is 8.96. The van der Waals surface area contributed by atoms with E-state index in [4.69, 9.17) is 17.0 Å². The van der Waals surface area contributed by atoms with Crippen LogP contribution in [0.25, 0.3) is 0 Å². The predicted octanol–water partition coefficient (Wildman–Crippen LogP) is 2.80. The number of thiazole rings is 1. The van der Waals surface area contributed by atoms with Crippen LogP contribution in [0.2, 0.25) is 0 Å². The summed E-state index contributed by atoms with van der Waals surface area (Å²) in [5.74, 6) is -1.34. The average Bonchev–Trinajstić information content (AvgIpc) is 3.22. The highest BCUT2D eigenvalue weighted by atomic mass is 32.1. The van der Waals surface area contributed by atoms with Crippen LogP contribution >= 0.6 is 23.6 Å². The summed E-state index contributed by atoms with van der Waals surface area (Å²) < 4.78 is 19.6. The van der Waals surface area contributed by atoms with Crippen molar-refractivity contribution < 1.29 is 18.7 Å². The van der Waals surface area contributed by atoms with E-state index in [9.17, 15) is 14.0 Å². The van der Waals surface area contributed by atoms with Gasteiger partial charge in [-0.2, -0.15) is 0 Å². The van der Waals surface area contributed by atoms with Crippen molar-refractivity contribution in [3.8, 4) is 0 Å². The van der Waals surface area contributed by atoms with Gasteiger partial charge in [0.25, 0.3) is 5.91 Å². The van der Waals surface area contributed by atoms with Crippen LogP contribution in [0.1, 0.15) is 17.3 Å². The number of ether oxygens (including phenoxy) is 1. The van der Waals surface area contributed by atoms with Gasteiger partial charge in [0.1, 0.15) is 11.9 Å². The Balaban J connectivity index is 1.70. The van der Waals surface area contributed by atoms with Crippen LogP contribution in [-0.2, 0) is 4.74 Å². The van der Waals surface area contributed by atoms with Crippen molar-refractivity contribution in [2.75, 3.05) is 23.3 Å². The zero-order valence-corrected chi connectivity index (χ0v) is 15.3. The van der Waals surface area contributed by atoms with Gasteiger partial charge >= 0.3 is 6.09 Å². The number of aromatic nitrogens is 1. The molecule has 1 fully saturated rings. The molecule has 1 aliphatic heterocycles. The molecule has 3 rings (SSSR count). The van der Waals surface area contributed by atoms with E-state index in [1.165, 1.54) is 34.6 Å². The van der Waals surface area contributed by atoms with Crippen LogP contribution in [0, 0.1) is 5.82 Å². The summed E-state index contributed by atoms with van der Waals surface area (Å²) in [5.41, 5.74) is 0.186. The summed E-state index contributed by atoms with van der Waals surface area (Å²) in [5, 5.41) is 7.53. The number of hydrogen-bond donors (Lipinski definition) is 2. The molecular formula is C16H15FN4O3S2. The lowest BCUT2D eigenvalue weighted by Gasteiger charge is -2.14. The zero-order chi connectivity index (χ0) is 18.7. The van der Waals surface area contributed by atoms with E-state index in [1.54, 1.807) is 12.3 Å². The lowest BCUT2D eigenvalue weighted by molar-refractivity contribution is 0.102. The number of hydrogen-bond acceptors (Lipinski definition) is 6. The molecule has 26 heavy (non-hydrogen) atoms. The zero-order valence-electron chi connectivity index (χ0n) is 13.7. The van der Waals surface area contributed by atoms with Gasteiger partial charge in [0.05, 0.1) is 29.3 Å². The normalized spacial score (nSPS) is 16.3. The molecule has 136 valence electrons. The molecule has 0 aliphatic carbocycles. The SMILES string of the molecule is CC(=S)NC[C@H]1CN(c2ccc(C(=O)Nc3nccs3)c(F)c2)C(=O)O1. The first-order valence-electron chi connectivity index (χ1n) is 7.67. The highest BCUT2D eigenvalue weighted by Crippen LogP contribution is 2.24. The van der Waals surface area contributed by atoms with E-state index in [0.717, 1.165) is 6.07 Å². The molecule has 1 atom stereocenters. The number of anilines is 2. The third kappa shape index (κ3) is 4.14. The molecule has 1 aliphatic rings. The van der Waals surface area contributed by atoms with Crippen LogP contribution < -0.4 is 15.5 Å². The van der Waals surface area contributed by atoms with Crippen molar-refractivity contribution in [3.05, 3.63) is 41.2 Å². The molecular weight excluding hydrogens is 379 g/mol. The number of nitrogens with one attached hydrogen (secondary N) is 2. The lowest BCUT2D eigenvalue weighted by Crippen LogP contribution is -2.32. The van der Waals surface area contributed by atoms with Crippen LogP contribution in [0.5, 0.6) is 0 Å². The number of amides is 2. The molecule has 0 spiro atoms. The molecule has 1 aromatic carbocycles. The van der Waals surface area contributed by atoms with Crippen molar-refractivity contribution in [1.29, 1.82) is 0 Å². The molecule has 2 heterocycles. The third-order valence-corrected chi connectivity index (χ3v) is 4.45. The Kier molecular flexibility index (Phi) is 5.43. The maximum atomic E-state index is 14.4. The summed E-state index contributed by atoms with van der Waals surface area (Å²) in [4.78, 5) is 30.0. The highest BCUT2D eigenvalue weighted by molar-refractivity contribution is 7.80. The number of halogens is 1. The number of carbonyl (C=O) groups is 2. The molecule has 0 saturated carbocycles. The maximum Gasteiger partial charge on any atom is 0.414 e. The molecule has 2 N–H and O–H groups in total. The Morgan fingerprint density at radius 2 is 2.35 bits per heavy atom. The van der Waals surface area contributed by atoms with Crippen molar-refractivity contribution >= 4 is 51.4 Å². The summed E-state index contributed by atoms with van der Waals surface area (Å²) >= 11 is 6.16. The molecule has 1 saturated heterocycles. The van der Waals surface area contributed by atoms with Gasteiger partial charge < -0.3 is 10.1 Å². The molecule has 7 nitrogen and oxygen atoms in total. The predicted molar refractivity (Wildman–Crippen MR) is 100 cm³/mol. The number of thiocarbonyl (C=S) groups is 1. The molecule has 1 aromatic heterocycles. The monoisotopic (exact) mass is 394 g/mol. The molecule has 0 unspecified atom stereocenters. The van der Waals surface area contributed by atoms with E-state index in [-0.39, 0.29) is 12.1 Å². The minimum Gasteiger partial charge on any atom is -0.442 e. The summed E-state index contributed by atoms with van der Waals surface area (Å²) in [6.45, 7) is 2.38. The fraction of sp³-hybridized carbons (Fsp3) is 0.250. The van der Waals surface area contributed by atoms with Gasteiger partial charge in [0.15, 0.2) is 5.13 Å². The van der Waals surface area contributed by atoms with Gasteiger partial charge in [-0.1, -0.05) is 12.2 Å². The second kappa shape index (κ2) is 7.75. The number of cyclic esters (lactones) is 1. The van der Waals surface area contributed by atoms with Gasteiger partial charge in [-0.25, -0.2) is 14.2 Å². The fourth-order valence-corrected chi connectivity index (χ4v) is 3.01. The average molecular weight is 394 g/mol. The number of rotatable bonds is 5. The molecule has 2 amide bonds. The van der Waals surface area contributed by atoms with Crippen LogP contribution in [0.15, 0.2) is 29.8 Å². The van der Waals surface area contributed by atoms with Crippen molar-refractivity contribution in [3.63, 3.8) is 0 Å². The second-order valence-electron chi connectivity index (χ2n) is 5.51. The van der Waals surface area contributed by atoms with Gasteiger partial charge in [0, 0.05) is 11.6 Å². The maximum absolute atomic E-state index is 14.4.